The topological polar surface area (TPSA) is 22.4 Å². The van der Waals surface area contributed by atoms with Gasteiger partial charge in [-0.1, -0.05) is 0 Å². The molecular weight excluding hydrogens is 156 g/mol. The molecule has 0 atom stereocenters. The summed E-state index contributed by atoms with van der Waals surface area (Å²) in [6.45, 7) is 8.38. The van der Waals surface area contributed by atoms with Crippen LogP contribution in [0.4, 0.5) is 0 Å². The fourth-order valence-electron chi connectivity index (χ4n) is 0.760. The number of hydrogen-bond acceptors (Lipinski definition) is 2. The maximum absolute atomic E-state index is 5.59. The fourth-order valence-corrected chi connectivity index (χ4v) is 1.47. The van der Waals surface area contributed by atoms with Gasteiger partial charge in [-0.2, -0.15) is 0 Å². The SMILES string of the molecule is Cc1coc(O[Si](C)(C)C)c1. The smallest absolute Gasteiger partial charge is 0.270 e. The predicted molar refractivity (Wildman–Crippen MR) is 47.4 cm³/mol. The van der Waals surface area contributed by atoms with Gasteiger partial charge in [0.2, 0.25) is 8.32 Å². The highest BCUT2D eigenvalue weighted by Crippen LogP contribution is 2.18. The van der Waals surface area contributed by atoms with Crippen LogP contribution in [0.25, 0.3) is 0 Å². The highest BCUT2D eigenvalue weighted by atomic mass is 28.4. The van der Waals surface area contributed by atoms with E-state index < -0.39 is 8.32 Å². The summed E-state index contributed by atoms with van der Waals surface area (Å²) in [4.78, 5) is 0. The van der Waals surface area contributed by atoms with E-state index in [0.29, 0.717) is 5.95 Å². The molecule has 0 saturated carbocycles. The van der Waals surface area contributed by atoms with E-state index in [-0.39, 0.29) is 0 Å². The second kappa shape index (κ2) is 2.74. The molecule has 0 aliphatic heterocycles. The van der Waals surface area contributed by atoms with Crippen LogP contribution in [0.15, 0.2) is 16.7 Å². The molecule has 0 bridgehead atoms. The van der Waals surface area contributed by atoms with Gasteiger partial charge in [0.25, 0.3) is 5.95 Å². The van der Waals surface area contributed by atoms with Gasteiger partial charge >= 0.3 is 0 Å². The molecule has 0 aliphatic rings. The molecule has 62 valence electrons. The number of furan rings is 1. The van der Waals surface area contributed by atoms with Crippen molar-refractivity contribution in [3.8, 4) is 5.95 Å². The van der Waals surface area contributed by atoms with Crippen molar-refractivity contribution in [1.29, 1.82) is 0 Å². The van der Waals surface area contributed by atoms with Gasteiger partial charge in [-0.15, -0.1) is 0 Å². The zero-order valence-electron chi connectivity index (χ0n) is 7.47. The molecule has 11 heavy (non-hydrogen) atoms. The first-order valence-corrected chi connectivity index (χ1v) is 7.12. The standard InChI is InChI=1S/C8H14O2Si/c1-7-5-8(9-6-7)10-11(2,3)4/h5-6H,1-4H3. The summed E-state index contributed by atoms with van der Waals surface area (Å²) in [7, 11) is -1.48. The second-order valence-corrected chi connectivity index (χ2v) is 8.09. The molecule has 0 aromatic carbocycles. The van der Waals surface area contributed by atoms with E-state index in [9.17, 15) is 0 Å². The minimum atomic E-state index is -1.48. The minimum Gasteiger partial charge on any atom is -0.519 e. The molecule has 1 heterocycles. The molecule has 0 unspecified atom stereocenters. The van der Waals surface area contributed by atoms with Gasteiger partial charge in [-0.25, -0.2) is 0 Å². The summed E-state index contributed by atoms with van der Waals surface area (Å²) in [5.74, 6) is 0.654. The fraction of sp³-hybridized carbons (Fsp3) is 0.500. The molecule has 0 radical (unpaired) electrons. The van der Waals surface area contributed by atoms with Crippen molar-refractivity contribution < 1.29 is 8.84 Å². The lowest BCUT2D eigenvalue weighted by atomic mass is 10.4. The number of rotatable bonds is 2. The highest BCUT2D eigenvalue weighted by Gasteiger charge is 2.17. The Bertz CT molecular complexity index is 234. The van der Waals surface area contributed by atoms with Crippen molar-refractivity contribution in [3.05, 3.63) is 17.9 Å². The third-order valence-electron chi connectivity index (χ3n) is 1.11. The van der Waals surface area contributed by atoms with E-state index in [2.05, 4.69) is 19.6 Å². The quantitative estimate of drug-likeness (QED) is 0.637. The molecule has 1 aromatic heterocycles. The summed E-state index contributed by atoms with van der Waals surface area (Å²) >= 11 is 0. The summed E-state index contributed by atoms with van der Waals surface area (Å²) in [5, 5.41) is 0. The first kappa shape index (κ1) is 8.39. The lowest BCUT2D eigenvalue weighted by molar-refractivity contribution is 0.386. The normalized spacial score (nSPS) is 11.6. The van der Waals surface area contributed by atoms with Crippen LogP contribution in [0.1, 0.15) is 5.56 Å². The zero-order chi connectivity index (χ0) is 8.48. The van der Waals surface area contributed by atoms with Crippen LogP contribution >= 0.6 is 0 Å². The van der Waals surface area contributed by atoms with E-state index in [4.69, 9.17) is 8.84 Å². The van der Waals surface area contributed by atoms with Crippen molar-refractivity contribution in [2.45, 2.75) is 26.6 Å². The molecule has 0 amide bonds. The molecule has 3 heteroatoms. The van der Waals surface area contributed by atoms with Gasteiger partial charge in [0.15, 0.2) is 0 Å². The Hall–Kier alpha value is -0.703. The first-order valence-electron chi connectivity index (χ1n) is 3.71. The third kappa shape index (κ3) is 2.80. The third-order valence-corrected chi connectivity index (χ3v) is 1.93. The van der Waals surface area contributed by atoms with Crippen LogP contribution in [-0.2, 0) is 0 Å². The van der Waals surface area contributed by atoms with Gasteiger partial charge in [-0.05, 0) is 32.1 Å². The number of aryl methyl sites for hydroxylation is 1. The first-order chi connectivity index (χ1) is 4.97. The van der Waals surface area contributed by atoms with E-state index >= 15 is 0 Å². The number of hydrogen-bond donors (Lipinski definition) is 0. The summed E-state index contributed by atoms with van der Waals surface area (Å²) < 4.78 is 10.7. The van der Waals surface area contributed by atoms with Crippen LogP contribution < -0.4 is 4.43 Å². The summed E-state index contributed by atoms with van der Waals surface area (Å²) in [5.41, 5.74) is 1.11. The van der Waals surface area contributed by atoms with Crippen LogP contribution in [0.2, 0.25) is 19.6 Å². The van der Waals surface area contributed by atoms with Crippen LogP contribution in [-0.4, -0.2) is 8.32 Å². The molecule has 0 spiro atoms. The summed E-state index contributed by atoms with van der Waals surface area (Å²) in [6.07, 6.45) is 1.70. The van der Waals surface area contributed by atoms with Crippen LogP contribution in [0.3, 0.4) is 0 Å². The Labute approximate surface area is 68.3 Å². The molecule has 0 aliphatic carbocycles. The predicted octanol–water partition coefficient (Wildman–Crippen LogP) is 2.80. The Morgan fingerprint density at radius 1 is 1.36 bits per heavy atom. The van der Waals surface area contributed by atoms with Crippen LogP contribution in [0, 0.1) is 6.92 Å². The van der Waals surface area contributed by atoms with Gasteiger partial charge in [0.1, 0.15) is 0 Å². The molecule has 0 fully saturated rings. The Morgan fingerprint density at radius 3 is 2.36 bits per heavy atom. The van der Waals surface area contributed by atoms with Crippen molar-refractivity contribution in [2.75, 3.05) is 0 Å². The molecule has 0 N–H and O–H groups in total. The maximum atomic E-state index is 5.59. The zero-order valence-corrected chi connectivity index (χ0v) is 8.47. The van der Waals surface area contributed by atoms with Crippen molar-refractivity contribution >= 4 is 8.32 Å². The van der Waals surface area contributed by atoms with E-state index in [1.165, 1.54) is 0 Å². The molecule has 2 nitrogen and oxygen atoms in total. The van der Waals surface area contributed by atoms with E-state index in [1.54, 1.807) is 6.26 Å². The van der Waals surface area contributed by atoms with Gasteiger partial charge < -0.3 is 8.84 Å². The van der Waals surface area contributed by atoms with Crippen LogP contribution in [0.5, 0.6) is 5.95 Å². The lowest BCUT2D eigenvalue weighted by Gasteiger charge is -2.15. The molecule has 1 aromatic rings. The van der Waals surface area contributed by atoms with E-state index in [1.807, 2.05) is 13.0 Å². The molecule has 1 rings (SSSR count). The largest absolute Gasteiger partial charge is 0.519 e. The second-order valence-electron chi connectivity index (χ2n) is 3.66. The van der Waals surface area contributed by atoms with Gasteiger partial charge in [0.05, 0.1) is 6.26 Å². The maximum Gasteiger partial charge on any atom is 0.270 e. The lowest BCUT2D eigenvalue weighted by Crippen LogP contribution is -2.28. The Morgan fingerprint density at radius 2 is 2.00 bits per heavy atom. The monoisotopic (exact) mass is 170 g/mol. The Kier molecular flexibility index (Phi) is 2.09. The van der Waals surface area contributed by atoms with Gasteiger partial charge in [-0.3, -0.25) is 0 Å². The summed E-state index contributed by atoms with van der Waals surface area (Å²) in [6, 6.07) is 1.91. The van der Waals surface area contributed by atoms with Crippen molar-refractivity contribution in [1.82, 2.24) is 0 Å². The highest BCUT2D eigenvalue weighted by molar-refractivity contribution is 6.70. The van der Waals surface area contributed by atoms with Gasteiger partial charge in [0, 0.05) is 6.07 Å². The van der Waals surface area contributed by atoms with Crippen molar-refractivity contribution in [3.63, 3.8) is 0 Å². The van der Waals surface area contributed by atoms with Crippen molar-refractivity contribution in [2.24, 2.45) is 0 Å². The molecule has 0 saturated heterocycles. The minimum absolute atomic E-state index is 0.654. The Balaban J connectivity index is 2.65. The average Bonchev–Trinajstić information content (AvgIpc) is 2.10. The molecular formula is C8H14O2Si. The average molecular weight is 170 g/mol. The van der Waals surface area contributed by atoms with E-state index in [0.717, 1.165) is 5.56 Å².